The smallest absolute Gasteiger partial charge is 0.123 e. The van der Waals surface area contributed by atoms with Crippen LogP contribution in [0.1, 0.15) is 30.5 Å². The molecule has 0 aliphatic rings. The van der Waals surface area contributed by atoms with Gasteiger partial charge in [0.15, 0.2) is 0 Å². The summed E-state index contributed by atoms with van der Waals surface area (Å²) >= 11 is 0. The molecule has 1 heteroatoms. The second kappa shape index (κ2) is 4.94. The third kappa shape index (κ3) is 2.69. The lowest BCUT2D eigenvalue weighted by Gasteiger charge is -2.08. The summed E-state index contributed by atoms with van der Waals surface area (Å²) in [4.78, 5) is 10.5. The van der Waals surface area contributed by atoms with Gasteiger partial charge in [0.2, 0.25) is 0 Å². The van der Waals surface area contributed by atoms with Crippen molar-refractivity contribution in [3.05, 3.63) is 34.9 Å². The zero-order valence-electron chi connectivity index (χ0n) is 9.21. The summed E-state index contributed by atoms with van der Waals surface area (Å²) in [7, 11) is 0. The Hall–Kier alpha value is -1.11. The Bertz CT molecular complexity index is 315. The monoisotopic (exact) mass is 190 g/mol. The minimum atomic E-state index is 0.127. The molecule has 0 saturated carbocycles. The molecule has 0 aromatic heterocycles. The summed E-state index contributed by atoms with van der Waals surface area (Å²) in [6.07, 6.45) is 2.94. The van der Waals surface area contributed by atoms with Gasteiger partial charge in [-0.1, -0.05) is 32.0 Å². The zero-order chi connectivity index (χ0) is 10.6. The molecule has 1 aromatic carbocycles. The van der Waals surface area contributed by atoms with Crippen LogP contribution in [-0.4, -0.2) is 6.29 Å². The van der Waals surface area contributed by atoms with Gasteiger partial charge in [-0.2, -0.15) is 0 Å². The van der Waals surface area contributed by atoms with E-state index in [1.807, 2.05) is 6.92 Å². The summed E-state index contributed by atoms with van der Waals surface area (Å²) in [6.45, 7) is 6.25. The van der Waals surface area contributed by atoms with Gasteiger partial charge in [0.1, 0.15) is 6.29 Å². The third-order valence-corrected chi connectivity index (χ3v) is 2.58. The minimum Gasteiger partial charge on any atom is -0.303 e. The highest BCUT2D eigenvalue weighted by molar-refractivity contribution is 5.53. The predicted octanol–water partition coefficient (Wildman–Crippen LogP) is 2.93. The van der Waals surface area contributed by atoms with Crippen molar-refractivity contribution in [3.8, 4) is 0 Å². The van der Waals surface area contributed by atoms with E-state index in [2.05, 4.69) is 32.0 Å². The summed E-state index contributed by atoms with van der Waals surface area (Å²) in [5.41, 5.74) is 4.00. The Morgan fingerprint density at radius 1 is 1.43 bits per heavy atom. The fourth-order valence-electron chi connectivity index (χ4n) is 1.65. The molecular formula is C13H18O. The van der Waals surface area contributed by atoms with Crippen molar-refractivity contribution in [2.24, 2.45) is 5.92 Å². The molecule has 0 heterocycles. The Balaban J connectivity index is 2.84. The lowest BCUT2D eigenvalue weighted by Crippen LogP contribution is -2.01. The molecule has 0 fully saturated rings. The van der Waals surface area contributed by atoms with Gasteiger partial charge in [-0.3, -0.25) is 0 Å². The molecule has 1 atom stereocenters. The first kappa shape index (κ1) is 11.0. The standard InChI is InChI=1S/C13H18O/c1-4-13-8-12(6-5-11(13)3)7-10(2)9-14/h5-6,8-10H,4,7H2,1-3H3. The fraction of sp³-hybridized carbons (Fsp3) is 0.462. The van der Waals surface area contributed by atoms with Gasteiger partial charge in [-0.05, 0) is 36.5 Å². The predicted molar refractivity (Wildman–Crippen MR) is 59.5 cm³/mol. The van der Waals surface area contributed by atoms with Gasteiger partial charge in [-0.25, -0.2) is 0 Å². The third-order valence-electron chi connectivity index (χ3n) is 2.58. The lowest BCUT2D eigenvalue weighted by atomic mass is 9.97. The van der Waals surface area contributed by atoms with Crippen LogP contribution in [0.3, 0.4) is 0 Å². The first-order chi connectivity index (χ1) is 6.67. The first-order valence-electron chi connectivity index (χ1n) is 5.21. The minimum absolute atomic E-state index is 0.127. The molecule has 1 nitrogen and oxygen atoms in total. The number of aldehydes is 1. The van der Waals surface area contributed by atoms with Crippen LogP contribution in [0.5, 0.6) is 0 Å². The number of carbonyl (C=O) groups excluding carboxylic acids is 1. The number of hydrogen-bond acceptors (Lipinski definition) is 1. The van der Waals surface area contributed by atoms with E-state index in [4.69, 9.17) is 0 Å². The number of aryl methyl sites for hydroxylation is 2. The fourth-order valence-corrected chi connectivity index (χ4v) is 1.65. The molecule has 14 heavy (non-hydrogen) atoms. The summed E-state index contributed by atoms with van der Waals surface area (Å²) in [5, 5.41) is 0. The maximum absolute atomic E-state index is 10.5. The largest absolute Gasteiger partial charge is 0.303 e. The molecule has 0 spiro atoms. The Kier molecular flexibility index (Phi) is 3.87. The average Bonchev–Trinajstić information content (AvgIpc) is 2.20. The molecule has 0 aliphatic carbocycles. The van der Waals surface area contributed by atoms with Gasteiger partial charge in [0, 0.05) is 5.92 Å². The van der Waals surface area contributed by atoms with E-state index in [-0.39, 0.29) is 5.92 Å². The van der Waals surface area contributed by atoms with Crippen LogP contribution in [0, 0.1) is 12.8 Å². The number of rotatable bonds is 4. The normalized spacial score (nSPS) is 12.5. The number of benzene rings is 1. The van der Waals surface area contributed by atoms with Gasteiger partial charge < -0.3 is 4.79 Å². The Labute approximate surface area is 86.1 Å². The van der Waals surface area contributed by atoms with E-state index in [9.17, 15) is 4.79 Å². The molecule has 76 valence electrons. The van der Waals surface area contributed by atoms with Gasteiger partial charge in [-0.15, -0.1) is 0 Å². The van der Waals surface area contributed by atoms with Crippen LogP contribution in [0.4, 0.5) is 0 Å². The number of hydrogen-bond donors (Lipinski definition) is 0. The molecule has 1 rings (SSSR count). The summed E-state index contributed by atoms with van der Waals surface area (Å²) in [5.74, 6) is 0.127. The Morgan fingerprint density at radius 2 is 2.14 bits per heavy atom. The SMILES string of the molecule is CCc1cc(CC(C)C=O)ccc1C. The van der Waals surface area contributed by atoms with Crippen molar-refractivity contribution in [2.75, 3.05) is 0 Å². The van der Waals surface area contributed by atoms with Gasteiger partial charge in [0.05, 0.1) is 0 Å². The topological polar surface area (TPSA) is 17.1 Å². The highest BCUT2D eigenvalue weighted by Crippen LogP contribution is 2.14. The van der Waals surface area contributed by atoms with Crippen LogP contribution in [0.25, 0.3) is 0 Å². The molecule has 0 aliphatic heterocycles. The Morgan fingerprint density at radius 3 is 2.71 bits per heavy atom. The van der Waals surface area contributed by atoms with Gasteiger partial charge >= 0.3 is 0 Å². The zero-order valence-corrected chi connectivity index (χ0v) is 9.21. The van der Waals surface area contributed by atoms with E-state index < -0.39 is 0 Å². The molecule has 0 bridgehead atoms. The van der Waals surface area contributed by atoms with Crippen molar-refractivity contribution >= 4 is 6.29 Å². The van der Waals surface area contributed by atoms with E-state index in [0.717, 1.165) is 19.1 Å². The average molecular weight is 190 g/mol. The van der Waals surface area contributed by atoms with Crippen molar-refractivity contribution in [1.82, 2.24) is 0 Å². The first-order valence-corrected chi connectivity index (χ1v) is 5.21. The van der Waals surface area contributed by atoms with Crippen molar-refractivity contribution in [2.45, 2.75) is 33.6 Å². The maximum Gasteiger partial charge on any atom is 0.123 e. The van der Waals surface area contributed by atoms with Crippen LogP contribution in [0.2, 0.25) is 0 Å². The van der Waals surface area contributed by atoms with Crippen LogP contribution in [0.15, 0.2) is 18.2 Å². The van der Waals surface area contributed by atoms with E-state index in [0.29, 0.717) is 0 Å². The van der Waals surface area contributed by atoms with E-state index in [1.165, 1.54) is 16.7 Å². The van der Waals surface area contributed by atoms with Crippen LogP contribution in [-0.2, 0) is 17.6 Å². The summed E-state index contributed by atoms with van der Waals surface area (Å²) < 4.78 is 0. The van der Waals surface area contributed by atoms with Crippen LogP contribution >= 0.6 is 0 Å². The molecule has 1 unspecified atom stereocenters. The van der Waals surface area contributed by atoms with E-state index in [1.54, 1.807) is 0 Å². The molecule has 0 radical (unpaired) electrons. The highest BCUT2D eigenvalue weighted by atomic mass is 16.1. The van der Waals surface area contributed by atoms with Crippen molar-refractivity contribution in [1.29, 1.82) is 0 Å². The molecular weight excluding hydrogens is 172 g/mol. The number of carbonyl (C=O) groups is 1. The van der Waals surface area contributed by atoms with Crippen molar-refractivity contribution < 1.29 is 4.79 Å². The second-order valence-electron chi connectivity index (χ2n) is 3.93. The molecule has 0 saturated heterocycles. The highest BCUT2D eigenvalue weighted by Gasteiger charge is 2.03. The molecule has 0 N–H and O–H groups in total. The van der Waals surface area contributed by atoms with Crippen molar-refractivity contribution in [3.63, 3.8) is 0 Å². The second-order valence-corrected chi connectivity index (χ2v) is 3.93. The quantitative estimate of drug-likeness (QED) is 0.667. The lowest BCUT2D eigenvalue weighted by molar-refractivity contribution is -0.110. The molecule has 1 aromatic rings. The summed E-state index contributed by atoms with van der Waals surface area (Å²) in [6, 6.07) is 6.48. The maximum atomic E-state index is 10.5. The van der Waals surface area contributed by atoms with E-state index >= 15 is 0 Å². The molecule has 0 amide bonds. The van der Waals surface area contributed by atoms with Crippen LogP contribution < -0.4 is 0 Å². The van der Waals surface area contributed by atoms with Gasteiger partial charge in [0.25, 0.3) is 0 Å².